The molecule has 0 saturated carbocycles. The topological polar surface area (TPSA) is 69.0 Å². The van der Waals surface area contributed by atoms with Gasteiger partial charge in [0.15, 0.2) is 11.0 Å². The maximum absolute atomic E-state index is 12.3. The molecule has 0 fully saturated rings. The Balaban J connectivity index is 1.65. The number of nitrogens with zero attached hydrogens (tertiary/aromatic N) is 3. The Morgan fingerprint density at radius 1 is 1.27 bits per heavy atom. The summed E-state index contributed by atoms with van der Waals surface area (Å²) in [5, 5.41) is 12.4. The Morgan fingerprint density at radius 2 is 2.07 bits per heavy atom. The highest BCUT2D eigenvalue weighted by atomic mass is 35.5. The lowest BCUT2D eigenvalue weighted by molar-refractivity contribution is -0.113. The highest BCUT2D eigenvalue weighted by Crippen LogP contribution is 2.23. The molecular formula is C22H23ClN4O2S. The highest BCUT2D eigenvalue weighted by molar-refractivity contribution is 7.99. The van der Waals surface area contributed by atoms with Crippen LogP contribution in [0.2, 0.25) is 5.02 Å². The SMILES string of the molecule is C=CCn1c(COc2cc(C)ccc2C)nnc1SCC(=O)Nc1ccccc1Cl. The second kappa shape index (κ2) is 10.3. The van der Waals surface area contributed by atoms with Crippen molar-refractivity contribution in [1.82, 2.24) is 14.8 Å². The zero-order valence-electron chi connectivity index (χ0n) is 16.9. The number of aryl methyl sites for hydroxylation is 2. The molecule has 6 nitrogen and oxygen atoms in total. The zero-order valence-corrected chi connectivity index (χ0v) is 18.5. The molecular weight excluding hydrogens is 420 g/mol. The molecule has 0 aliphatic carbocycles. The summed E-state index contributed by atoms with van der Waals surface area (Å²) < 4.78 is 7.86. The van der Waals surface area contributed by atoms with Gasteiger partial charge in [-0.2, -0.15) is 0 Å². The number of halogens is 1. The molecule has 0 unspecified atom stereocenters. The smallest absolute Gasteiger partial charge is 0.234 e. The van der Waals surface area contributed by atoms with E-state index in [0.717, 1.165) is 16.9 Å². The highest BCUT2D eigenvalue weighted by Gasteiger charge is 2.15. The van der Waals surface area contributed by atoms with Crippen LogP contribution < -0.4 is 10.1 Å². The van der Waals surface area contributed by atoms with Gasteiger partial charge in [-0.05, 0) is 43.2 Å². The summed E-state index contributed by atoms with van der Waals surface area (Å²) in [5.74, 6) is 1.49. The molecule has 0 bridgehead atoms. The molecule has 2 aromatic carbocycles. The molecule has 0 aliphatic rings. The third kappa shape index (κ3) is 5.64. The molecule has 0 saturated heterocycles. The first-order chi connectivity index (χ1) is 14.5. The van der Waals surface area contributed by atoms with Crippen LogP contribution in [0.4, 0.5) is 5.69 Å². The van der Waals surface area contributed by atoms with Gasteiger partial charge in [-0.1, -0.05) is 53.7 Å². The maximum atomic E-state index is 12.3. The van der Waals surface area contributed by atoms with Crippen molar-refractivity contribution in [3.8, 4) is 5.75 Å². The van der Waals surface area contributed by atoms with Crippen LogP contribution in [-0.4, -0.2) is 26.4 Å². The molecule has 8 heteroatoms. The Kier molecular flexibility index (Phi) is 7.54. The predicted molar refractivity (Wildman–Crippen MR) is 121 cm³/mol. The van der Waals surface area contributed by atoms with E-state index in [4.69, 9.17) is 16.3 Å². The average Bonchev–Trinajstić information content (AvgIpc) is 3.11. The van der Waals surface area contributed by atoms with Gasteiger partial charge in [0.2, 0.25) is 5.91 Å². The number of hydrogen-bond donors (Lipinski definition) is 1. The van der Waals surface area contributed by atoms with E-state index >= 15 is 0 Å². The first kappa shape index (κ1) is 21.9. The molecule has 30 heavy (non-hydrogen) atoms. The number of benzene rings is 2. The van der Waals surface area contributed by atoms with Gasteiger partial charge in [0.05, 0.1) is 16.5 Å². The van der Waals surface area contributed by atoms with E-state index in [0.29, 0.717) is 28.2 Å². The normalized spacial score (nSPS) is 10.6. The molecule has 156 valence electrons. The van der Waals surface area contributed by atoms with E-state index in [1.165, 1.54) is 11.8 Å². The fourth-order valence-electron chi connectivity index (χ4n) is 2.73. The Morgan fingerprint density at radius 3 is 2.83 bits per heavy atom. The molecule has 3 aromatic rings. The standard InChI is InChI=1S/C22H23ClN4O2S/c1-4-11-27-20(13-29-19-12-15(2)9-10-16(19)3)25-26-22(27)30-14-21(28)24-18-8-6-5-7-17(18)23/h4-10,12H,1,11,13-14H2,2-3H3,(H,24,28). The van der Waals surface area contributed by atoms with Gasteiger partial charge in [-0.25, -0.2) is 0 Å². The predicted octanol–water partition coefficient (Wildman–Crippen LogP) is 5.04. The summed E-state index contributed by atoms with van der Waals surface area (Å²) in [4.78, 5) is 12.3. The molecule has 0 radical (unpaired) electrons. The lowest BCUT2D eigenvalue weighted by Gasteiger charge is -2.11. The number of hydrogen-bond acceptors (Lipinski definition) is 5. The van der Waals surface area contributed by atoms with Crippen molar-refractivity contribution >= 4 is 35.0 Å². The van der Waals surface area contributed by atoms with Crippen molar-refractivity contribution < 1.29 is 9.53 Å². The molecule has 3 rings (SSSR count). The van der Waals surface area contributed by atoms with E-state index in [9.17, 15) is 4.79 Å². The average molecular weight is 443 g/mol. The summed E-state index contributed by atoms with van der Waals surface area (Å²) >= 11 is 7.39. The number of carbonyl (C=O) groups excluding carboxylic acids is 1. The zero-order chi connectivity index (χ0) is 21.5. The minimum Gasteiger partial charge on any atom is -0.485 e. The summed E-state index contributed by atoms with van der Waals surface area (Å²) in [6.45, 7) is 8.62. The number of carbonyl (C=O) groups is 1. The molecule has 0 atom stereocenters. The summed E-state index contributed by atoms with van der Waals surface area (Å²) in [6.07, 6.45) is 1.76. The van der Waals surface area contributed by atoms with Crippen molar-refractivity contribution in [2.45, 2.75) is 32.2 Å². The van der Waals surface area contributed by atoms with E-state index < -0.39 is 0 Å². The van der Waals surface area contributed by atoms with E-state index in [1.54, 1.807) is 18.2 Å². The van der Waals surface area contributed by atoms with Gasteiger partial charge in [0.1, 0.15) is 12.4 Å². The van der Waals surface area contributed by atoms with Crippen molar-refractivity contribution in [2.75, 3.05) is 11.1 Å². The molecule has 0 spiro atoms. The number of amides is 1. The number of ether oxygens (including phenoxy) is 1. The second-order valence-electron chi connectivity index (χ2n) is 6.67. The van der Waals surface area contributed by atoms with Crippen molar-refractivity contribution in [2.24, 2.45) is 0 Å². The summed E-state index contributed by atoms with van der Waals surface area (Å²) in [5.41, 5.74) is 2.77. The van der Waals surface area contributed by atoms with Crippen LogP contribution in [0.5, 0.6) is 5.75 Å². The van der Waals surface area contributed by atoms with E-state index in [2.05, 4.69) is 22.1 Å². The van der Waals surface area contributed by atoms with Crippen LogP contribution in [0, 0.1) is 13.8 Å². The number of rotatable bonds is 9. The molecule has 1 heterocycles. The first-order valence-electron chi connectivity index (χ1n) is 9.38. The van der Waals surface area contributed by atoms with Gasteiger partial charge in [0, 0.05) is 6.54 Å². The minimum atomic E-state index is -0.172. The van der Waals surface area contributed by atoms with Crippen LogP contribution in [0.1, 0.15) is 17.0 Å². The monoisotopic (exact) mass is 442 g/mol. The summed E-state index contributed by atoms with van der Waals surface area (Å²) in [7, 11) is 0. The van der Waals surface area contributed by atoms with E-state index in [1.807, 2.05) is 48.7 Å². The van der Waals surface area contributed by atoms with Crippen molar-refractivity contribution in [1.29, 1.82) is 0 Å². The molecule has 1 amide bonds. The third-order valence-corrected chi connectivity index (χ3v) is 5.58. The van der Waals surface area contributed by atoms with Crippen molar-refractivity contribution in [3.63, 3.8) is 0 Å². The van der Waals surface area contributed by atoms with E-state index in [-0.39, 0.29) is 18.3 Å². The number of para-hydroxylation sites is 1. The fraction of sp³-hybridized carbons (Fsp3) is 0.227. The minimum absolute atomic E-state index is 0.172. The van der Waals surface area contributed by atoms with Crippen LogP contribution in [0.25, 0.3) is 0 Å². The number of aromatic nitrogens is 3. The van der Waals surface area contributed by atoms with Crippen LogP contribution in [0.3, 0.4) is 0 Å². The maximum Gasteiger partial charge on any atom is 0.234 e. The lowest BCUT2D eigenvalue weighted by Crippen LogP contribution is -2.15. The van der Waals surface area contributed by atoms with Crippen molar-refractivity contribution in [3.05, 3.63) is 77.1 Å². The largest absolute Gasteiger partial charge is 0.485 e. The quantitative estimate of drug-likeness (QED) is 0.371. The number of allylic oxidation sites excluding steroid dienone is 1. The second-order valence-corrected chi connectivity index (χ2v) is 8.02. The number of anilines is 1. The number of thioether (sulfide) groups is 1. The van der Waals surface area contributed by atoms with Gasteiger partial charge in [-0.3, -0.25) is 9.36 Å². The third-order valence-electron chi connectivity index (χ3n) is 4.29. The van der Waals surface area contributed by atoms with Crippen LogP contribution in [0.15, 0.2) is 60.3 Å². The molecule has 1 N–H and O–H groups in total. The van der Waals surface area contributed by atoms with Crippen LogP contribution in [-0.2, 0) is 17.9 Å². The lowest BCUT2D eigenvalue weighted by atomic mass is 10.1. The Hall–Kier alpha value is -2.77. The first-order valence-corrected chi connectivity index (χ1v) is 10.7. The Bertz CT molecular complexity index is 1050. The van der Waals surface area contributed by atoms with Gasteiger partial charge >= 0.3 is 0 Å². The molecule has 0 aliphatic heterocycles. The van der Waals surface area contributed by atoms with Gasteiger partial charge in [-0.15, -0.1) is 16.8 Å². The Labute approximate surface area is 185 Å². The fourth-order valence-corrected chi connectivity index (χ4v) is 3.68. The van der Waals surface area contributed by atoms with Gasteiger partial charge < -0.3 is 10.1 Å². The molecule has 1 aromatic heterocycles. The van der Waals surface area contributed by atoms with Crippen LogP contribution >= 0.6 is 23.4 Å². The summed E-state index contributed by atoms with van der Waals surface area (Å²) in [6, 6.07) is 13.2. The van der Waals surface area contributed by atoms with Gasteiger partial charge in [0.25, 0.3) is 0 Å². The number of nitrogens with one attached hydrogen (secondary N) is 1.